The number of hydrogen-bond acceptors (Lipinski definition) is 2. The quantitative estimate of drug-likeness (QED) is 0.839. The fourth-order valence-electron chi connectivity index (χ4n) is 3.05. The summed E-state index contributed by atoms with van der Waals surface area (Å²) in [5.74, 6) is 0.216. The number of aryl methyl sites for hydroxylation is 1. The van der Waals surface area contributed by atoms with Crippen molar-refractivity contribution in [1.82, 2.24) is 14.4 Å². The Morgan fingerprint density at radius 1 is 0.880 bits per heavy atom. The van der Waals surface area contributed by atoms with Gasteiger partial charge in [-0.1, -0.05) is 23.7 Å². The van der Waals surface area contributed by atoms with Gasteiger partial charge in [0, 0.05) is 50.6 Å². The number of halogens is 1. The molecule has 1 aliphatic heterocycles. The molecule has 1 fully saturated rings. The SMILES string of the molecule is Cn1ccc(CC(=O)N2CCN(C(=O)Cc3ccc(Cl)cc3)CC2)c1. The predicted octanol–water partition coefficient (Wildman–Crippen LogP) is 2.13. The molecular formula is C19H22ClN3O2. The minimum Gasteiger partial charge on any atom is -0.357 e. The van der Waals surface area contributed by atoms with Crippen LogP contribution in [0.3, 0.4) is 0 Å². The molecule has 0 N–H and O–H groups in total. The maximum absolute atomic E-state index is 12.4. The van der Waals surface area contributed by atoms with E-state index in [2.05, 4.69) is 0 Å². The van der Waals surface area contributed by atoms with Gasteiger partial charge in [-0.3, -0.25) is 9.59 Å². The zero-order valence-corrected chi connectivity index (χ0v) is 15.1. The molecule has 0 spiro atoms. The van der Waals surface area contributed by atoms with E-state index in [1.165, 1.54) is 0 Å². The van der Waals surface area contributed by atoms with Crippen molar-refractivity contribution < 1.29 is 9.59 Å². The van der Waals surface area contributed by atoms with E-state index >= 15 is 0 Å². The largest absolute Gasteiger partial charge is 0.357 e. The molecule has 1 saturated heterocycles. The van der Waals surface area contributed by atoms with Gasteiger partial charge in [0.05, 0.1) is 12.8 Å². The van der Waals surface area contributed by atoms with Gasteiger partial charge >= 0.3 is 0 Å². The van der Waals surface area contributed by atoms with Crippen LogP contribution in [0.4, 0.5) is 0 Å². The van der Waals surface area contributed by atoms with Gasteiger partial charge in [-0.25, -0.2) is 0 Å². The van der Waals surface area contributed by atoms with Crippen molar-refractivity contribution in [2.24, 2.45) is 7.05 Å². The summed E-state index contributed by atoms with van der Waals surface area (Å²) in [6, 6.07) is 9.30. The molecule has 2 heterocycles. The number of carbonyl (C=O) groups excluding carboxylic acids is 2. The van der Waals surface area contributed by atoms with Crippen molar-refractivity contribution >= 4 is 23.4 Å². The standard InChI is InChI=1S/C19H22ClN3O2/c1-21-7-6-16(14-21)13-19(25)23-10-8-22(9-11-23)18(24)12-15-2-4-17(20)5-3-15/h2-7,14H,8-13H2,1H3. The summed E-state index contributed by atoms with van der Waals surface area (Å²) in [6.07, 6.45) is 4.69. The van der Waals surface area contributed by atoms with E-state index < -0.39 is 0 Å². The molecule has 1 aromatic heterocycles. The number of nitrogens with zero attached hydrogens (tertiary/aromatic N) is 3. The summed E-state index contributed by atoms with van der Waals surface area (Å²) in [4.78, 5) is 28.5. The number of aromatic nitrogens is 1. The van der Waals surface area contributed by atoms with Crippen molar-refractivity contribution in [3.05, 3.63) is 58.9 Å². The predicted molar refractivity (Wildman–Crippen MR) is 97.4 cm³/mol. The van der Waals surface area contributed by atoms with Crippen molar-refractivity contribution in [3.63, 3.8) is 0 Å². The third-order valence-electron chi connectivity index (χ3n) is 4.50. The molecule has 0 radical (unpaired) electrons. The molecule has 132 valence electrons. The molecule has 0 bridgehead atoms. The van der Waals surface area contributed by atoms with Gasteiger partial charge in [-0.2, -0.15) is 0 Å². The molecule has 0 unspecified atom stereocenters. The highest BCUT2D eigenvalue weighted by Gasteiger charge is 2.24. The maximum atomic E-state index is 12.4. The van der Waals surface area contributed by atoms with Crippen LogP contribution in [0, 0.1) is 0 Å². The first-order chi connectivity index (χ1) is 12.0. The first kappa shape index (κ1) is 17.5. The molecule has 0 saturated carbocycles. The second-order valence-corrected chi connectivity index (χ2v) is 6.86. The third-order valence-corrected chi connectivity index (χ3v) is 4.75. The van der Waals surface area contributed by atoms with E-state index in [1.54, 1.807) is 12.1 Å². The van der Waals surface area contributed by atoms with Gasteiger partial charge in [0.15, 0.2) is 0 Å². The molecule has 0 atom stereocenters. The molecule has 2 amide bonds. The van der Waals surface area contributed by atoms with Crippen molar-refractivity contribution in [3.8, 4) is 0 Å². The Bertz CT molecular complexity index is 746. The number of amides is 2. The van der Waals surface area contributed by atoms with Gasteiger partial charge in [0.2, 0.25) is 11.8 Å². The van der Waals surface area contributed by atoms with Crippen molar-refractivity contribution in [1.29, 1.82) is 0 Å². The van der Waals surface area contributed by atoms with Crippen LogP contribution in [0.2, 0.25) is 5.02 Å². The van der Waals surface area contributed by atoms with Crippen LogP contribution < -0.4 is 0 Å². The Kier molecular flexibility index (Phi) is 5.43. The summed E-state index contributed by atoms with van der Waals surface area (Å²) >= 11 is 5.87. The highest BCUT2D eigenvalue weighted by Crippen LogP contribution is 2.12. The van der Waals surface area contributed by atoms with Crippen molar-refractivity contribution in [2.45, 2.75) is 12.8 Å². The van der Waals surface area contributed by atoms with E-state index in [1.807, 2.05) is 52.0 Å². The lowest BCUT2D eigenvalue weighted by Gasteiger charge is -2.35. The molecule has 3 rings (SSSR count). The molecule has 1 aromatic carbocycles. The summed E-state index contributed by atoms with van der Waals surface area (Å²) in [6.45, 7) is 2.37. The number of piperazine rings is 1. The first-order valence-electron chi connectivity index (χ1n) is 8.42. The van der Waals surface area contributed by atoms with E-state index in [0.717, 1.165) is 11.1 Å². The maximum Gasteiger partial charge on any atom is 0.227 e. The van der Waals surface area contributed by atoms with Crippen LogP contribution in [0.15, 0.2) is 42.7 Å². The lowest BCUT2D eigenvalue weighted by atomic mass is 10.1. The van der Waals surface area contributed by atoms with Gasteiger partial charge < -0.3 is 14.4 Å². The monoisotopic (exact) mass is 359 g/mol. The zero-order valence-electron chi connectivity index (χ0n) is 14.3. The number of carbonyl (C=O) groups is 2. The van der Waals surface area contributed by atoms with Gasteiger partial charge in [-0.15, -0.1) is 0 Å². The van der Waals surface area contributed by atoms with E-state index in [0.29, 0.717) is 44.0 Å². The smallest absolute Gasteiger partial charge is 0.227 e. The number of hydrogen-bond donors (Lipinski definition) is 0. The van der Waals surface area contributed by atoms with Crippen LogP contribution in [-0.4, -0.2) is 52.4 Å². The molecule has 6 heteroatoms. The van der Waals surface area contributed by atoms with E-state index in [-0.39, 0.29) is 11.8 Å². The summed E-state index contributed by atoms with van der Waals surface area (Å²) in [5.41, 5.74) is 1.98. The lowest BCUT2D eigenvalue weighted by molar-refractivity contribution is -0.138. The van der Waals surface area contributed by atoms with Crippen LogP contribution >= 0.6 is 11.6 Å². The fraction of sp³-hybridized carbons (Fsp3) is 0.368. The Morgan fingerprint density at radius 2 is 1.40 bits per heavy atom. The first-order valence-corrected chi connectivity index (χ1v) is 8.80. The fourth-order valence-corrected chi connectivity index (χ4v) is 3.17. The van der Waals surface area contributed by atoms with Gasteiger partial charge in [0.25, 0.3) is 0 Å². The normalized spacial score (nSPS) is 14.6. The average molecular weight is 360 g/mol. The minimum absolute atomic E-state index is 0.0949. The number of rotatable bonds is 4. The van der Waals surface area contributed by atoms with Gasteiger partial charge in [-0.05, 0) is 29.3 Å². The molecule has 2 aromatic rings. The summed E-state index contributed by atoms with van der Waals surface area (Å²) < 4.78 is 1.94. The zero-order chi connectivity index (χ0) is 17.8. The molecule has 25 heavy (non-hydrogen) atoms. The van der Waals surface area contributed by atoms with Crippen LogP contribution in [0.1, 0.15) is 11.1 Å². The second-order valence-electron chi connectivity index (χ2n) is 6.43. The van der Waals surface area contributed by atoms with E-state index in [9.17, 15) is 9.59 Å². The topological polar surface area (TPSA) is 45.6 Å². The molecular weight excluding hydrogens is 338 g/mol. The Labute approximate surface area is 152 Å². The Balaban J connectivity index is 1.48. The minimum atomic E-state index is 0.0949. The number of benzene rings is 1. The Morgan fingerprint density at radius 3 is 1.88 bits per heavy atom. The molecule has 0 aliphatic carbocycles. The Hall–Kier alpha value is -2.27. The lowest BCUT2D eigenvalue weighted by Crippen LogP contribution is -2.51. The summed E-state index contributed by atoms with van der Waals surface area (Å²) in [7, 11) is 1.94. The summed E-state index contributed by atoms with van der Waals surface area (Å²) in [5, 5.41) is 0.668. The van der Waals surface area contributed by atoms with Crippen LogP contribution in [0.25, 0.3) is 0 Å². The molecule has 1 aliphatic rings. The van der Waals surface area contributed by atoms with Gasteiger partial charge in [0.1, 0.15) is 0 Å². The third kappa shape index (κ3) is 4.63. The van der Waals surface area contributed by atoms with Crippen LogP contribution in [0.5, 0.6) is 0 Å². The van der Waals surface area contributed by atoms with E-state index in [4.69, 9.17) is 11.6 Å². The highest BCUT2D eigenvalue weighted by molar-refractivity contribution is 6.30. The van der Waals surface area contributed by atoms with Crippen molar-refractivity contribution in [2.75, 3.05) is 26.2 Å². The average Bonchev–Trinajstić information content (AvgIpc) is 3.02. The second kappa shape index (κ2) is 7.74. The molecule has 5 nitrogen and oxygen atoms in total. The highest BCUT2D eigenvalue weighted by atomic mass is 35.5. The van der Waals surface area contributed by atoms with Crippen LogP contribution in [-0.2, 0) is 29.5 Å².